The fraction of sp³-hybridized carbons (Fsp3) is 0.538. The molecule has 2 aromatic rings. The summed E-state index contributed by atoms with van der Waals surface area (Å²) in [6.45, 7) is 4.19. The lowest BCUT2D eigenvalue weighted by Crippen LogP contribution is -2.49. The van der Waals surface area contributed by atoms with E-state index in [0.29, 0.717) is 68.3 Å². The van der Waals surface area contributed by atoms with Gasteiger partial charge in [-0.15, -0.1) is 0 Å². The molecule has 1 saturated carbocycles. The standard InChI is InChI=1S/C26H35N5O5/c1-36-14-4-9-27-24(32)17-30-10-12-31(13-11-30)23-16-21(26(34)35)20-15-19(7-8-22(20)29-23)28-25(33)18-5-2-3-6-18/h7-8,15-16,18H,2-6,9-14,17H2,1H3,(H,27,32)(H,28,33)(H,34,35). The molecule has 2 heterocycles. The molecular formula is C26H35N5O5. The minimum absolute atomic E-state index is 0.00478. The van der Waals surface area contributed by atoms with Gasteiger partial charge in [-0.05, 0) is 43.5 Å². The van der Waals surface area contributed by atoms with Crippen LogP contribution < -0.4 is 15.5 Å². The average molecular weight is 498 g/mol. The Kier molecular flexibility index (Phi) is 8.71. The number of piperazine rings is 1. The van der Waals surface area contributed by atoms with Crippen LogP contribution in [0.4, 0.5) is 11.5 Å². The molecule has 0 radical (unpaired) electrons. The van der Waals surface area contributed by atoms with Gasteiger partial charge in [-0.1, -0.05) is 12.8 Å². The lowest BCUT2D eigenvalue weighted by atomic mass is 10.1. The van der Waals surface area contributed by atoms with Crippen molar-refractivity contribution in [2.24, 2.45) is 5.92 Å². The second-order valence-electron chi connectivity index (χ2n) is 9.50. The number of amides is 2. The molecule has 194 valence electrons. The molecule has 4 rings (SSSR count). The highest BCUT2D eigenvalue weighted by Gasteiger charge is 2.24. The Hall–Kier alpha value is -3.24. The monoisotopic (exact) mass is 497 g/mol. The molecule has 0 spiro atoms. The lowest BCUT2D eigenvalue weighted by Gasteiger charge is -2.35. The normalized spacial score (nSPS) is 16.9. The first-order valence-corrected chi connectivity index (χ1v) is 12.7. The molecule has 1 aliphatic carbocycles. The quantitative estimate of drug-likeness (QED) is 0.428. The highest BCUT2D eigenvalue weighted by Crippen LogP contribution is 2.29. The topological polar surface area (TPSA) is 124 Å². The van der Waals surface area contributed by atoms with Crippen LogP contribution in [-0.2, 0) is 14.3 Å². The van der Waals surface area contributed by atoms with Gasteiger partial charge in [-0.25, -0.2) is 9.78 Å². The van der Waals surface area contributed by atoms with Crippen molar-refractivity contribution < 1.29 is 24.2 Å². The van der Waals surface area contributed by atoms with Crippen molar-refractivity contribution in [2.45, 2.75) is 32.1 Å². The van der Waals surface area contributed by atoms with E-state index in [9.17, 15) is 19.5 Å². The van der Waals surface area contributed by atoms with Crippen LogP contribution in [0.3, 0.4) is 0 Å². The second kappa shape index (κ2) is 12.1. The van der Waals surface area contributed by atoms with Crippen molar-refractivity contribution in [2.75, 3.05) is 63.2 Å². The number of ether oxygens (including phenoxy) is 1. The maximum atomic E-state index is 12.5. The number of aromatic nitrogens is 1. The van der Waals surface area contributed by atoms with Gasteiger partial charge in [0.1, 0.15) is 5.82 Å². The summed E-state index contributed by atoms with van der Waals surface area (Å²) in [5.41, 5.74) is 1.32. The Morgan fingerprint density at radius 3 is 2.56 bits per heavy atom. The first kappa shape index (κ1) is 25.8. The number of carbonyl (C=O) groups is 3. The van der Waals surface area contributed by atoms with E-state index in [1.807, 2.05) is 0 Å². The van der Waals surface area contributed by atoms with Crippen LogP contribution in [0.1, 0.15) is 42.5 Å². The summed E-state index contributed by atoms with van der Waals surface area (Å²) in [6.07, 6.45) is 4.72. The van der Waals surface area contributed by atoms with Crippen molar-refractivity contribution in [3.05, 3.63) is 29.8 Å². The number of nitrogens with one attached hydrogen (secondary N) is 2. The zero-order valence-corrected chi connectivity index (χ0v) is 20.8. The summed E-state index contributed by atoms with van der Waals surface area (Å²) in [7, 11) is 1.64. The maximum absolute atomic E-state index is 12.5. The smallest absolute Gasteiger partial charge is 0.336 e. The number of carboxylic acids is 1. The third-order valence-corrected chi connectivity index (χ3v) is 6.93. The van der Waals surface area contributed by atoms with E-state index in [-0.39, 0.29) is 23.3 Å². The van der Waals surface area contributed by atoms with E-state index in [1.165, 1.54) is 0 Å². The van der Waals surface area contributed by atoms with Gasteiger partial charge in [0.25, 0.3) is 0 Å². The van der Waals surface area contributed by atoms with Gasteiger partial charge in [0.15, 0.2) is 0 Å². The van der Waals surface area contributed by atoms with Gasteiger partial charge < -0.3 is 25.4 Å². The zero-order valence-electron chi connectivity index (χ0n) is 20.8. The minimum Gasteiger partial charge on any atom is -0.478 e. The summed E-state index contributed by atoms with van der Waals surface area (Å²) in [4.78, 5) is 45.6. The van der Waals surface area contributed by atoms with Gasteiger partial charge in [-0.2, -0.15) is 0 Å². The molecule has 1 aromatic carbocycles. The molecule has 0 bridgehead atoms. The van der Waals surface area contributed by atoms with Crippen molar-refractivity contribution >= 4 is 40.2 Å². The number of nitrogens with zero attached hydrogens (tertiary/aromatic N) is 3. The number of fused-ring (bicyclic) bond motifs is 1. The van der Waals surface area contributed by atoms with Crippen molar-refractivity contribution in [1.29, 1.82) is 0 Å². The first-order chi connectivity index (χ1) is 17.4. The minimum atomic E-state index is -1.04. The number of hydrogen-bond donors (Lipinski definition) is 3. The molecule has 1 saturated heterocycles. The molecule has 2 amide bonds. The predicted octanol–water partition coefficient (Wildman–Crippen LogP) is 2.34. The molecule has 1 aliphatic heterocycles. The molecule has 2 aliphatic rings. The van der Waals surface area contributed by atoms with Gasteiger partial charge in [-0.3, -0.25) is 14.5 Å². The Labute approximate surface area is 211 Å². The van der Waals surface area contributed by atoms with Crippen LogP contribution in [0, 0.1) is 5.92 Å². The molecule has 10 heteroatoms. The van der Waals surface area contributed by atoms with E-state index >= 15 is 0 Å². The van der Waals surface area contributed by atoms with E-state index in [4.69, 9.17) is 9.72 Å². The van der Waals surface area contributed by atoms with Crippen molar-refractivity contribution in [3.8, 4) is 0 Å². The van der Waals surface area contributed by atoms with Gasteiger partial charge >= 0.3 is 5.97 Å². The zero-order chi connectivity index (χ0) is 25.5. The van der Waals surface area contributed by atoms with E-state index in [1.54, 1.807) is 31.4 Å². The molecule has 0 unspecified atom stereocenters. The number of carboxylic acid groups (broad SMARTS) is 1. The van der Waals surface area contributed by atoms with Gasteiger partial charge in [0.2, 0.25) is 11.8 Å². The molecule has 3 N–H and O–H groups in total. The van der Waals surface area contributed by atoms with Crippen LogP contribution in [0.15, 0.2) is 24.3 Å². The van der Waals surface area contributed by atoms with E-state index in [2.05, 4.69) is 20.4 Å². The Morgan fingerprint density at radius 1 is 1.11 bits per heavy atom. The maximum Gasteiger partial charge on any atom is 0.336 e. The third-order valence-electron chi connectivity index (χ3n) is 6.93. The molecule has 10 nitrogen and oxygen atoms in total. The fourth-order valence-corrected chi connectivity index (χ4v) is 4.90. The molecule has 2 fully saturated rings. The van der Waals surface area contributed by atoms with Crippen LogP contribution in [-0.4, -0.2) is 85.8 Å². The number of benzene rings is 1. The summed E-state index contributed by atoms with van der Waals surface area (Å²) < 4.78 is 4.99. The Bertz CT molecular complexity index is 1090. The number of anilines is 2. The average Bonchev–Trinajstić information content (AvgIpc) is 3.42. The molecular weight excluding hydrogens is 462 g/mol. The van der Waals surface area contributed by atoms with E-state index < -0.39 is 5.97 Å². The van der Waals surface area contributed by atoms with Crippen LogP contribution >= 0.6 is 0 Å². The molecule has 1 aromatic heterocycles. The summed E-state index contributed by atoms with van der Waals surface area (Å²) in [6, 6.07) is 6.84. The molecule has 0 atom stereocenters. The second-order valence-corrected chi connectivity index (χ2v) is 9.50. The van der Waals surface area contributed by atoms with E-state index in [0.717, 1.165) is 32.1 Å². The first-order valence-electron chi connectivity index (χ1n) is 12.7. The number of aromatic carboxylic acids is 1. The number of pyridine rings is 1. The van der Waals surface area contributed by atoms with Crippen molar-refractivity contribution in [1.82, 2.24) is 15.2 Å². The van der Waals surface area contributed by atoms with Gasteiger partial charge in [0, 0.05) is 63.4 Å². The molecule has 36 heavy (non-hydrogen) atoms. The predicted molar refractivity (Wildman–Crippen MR) is 137 cm³/mol. The number of methoxy groups -OCH3 is 1. The SMILES string of the molecule is COCCCNC(=O)CN1CCN(c2cc(C(=O)O)c3cc(NC(=O)C4CCCC4)ccc3n2)CC1. The number of hydrogen-bond acceptors (Lipinski definition) is 7. The summed E-state index contributed by atoms with van der Waals surface area (Å²) >= 11 is 0. The summed E-state index contributed by atoms with van der Waals surface area (Å²) in [5, 5.41) is 16.2. The third kappa shape index (κ3) is 6.50. The highest BCUT2D eigenvalue weighted by atomic mass is 16.5. The van der Waals surface area contributed by atoms with Crippen LogP contribution in [0.25, 0.3) is 10.9 Å². The van der Waals surface area contributed by atoms with Crippen LogP contribution in [0.5, 0.6) is 0 Å². The fourth-order valence-electron chi connectivity index (χ4n) is 4.90. The highest BCUT2D eigenvalue weighted by molar-refractivity contribution is 6.05. The van der Waals surface area contributed by atoms with Crippen LogP contribution in [0.2, 0.25) is 0 Å². The number of carbonyl (C=O) groups excluding carboxylic acids is 2. The lowest BCUT2D eigenvalue weighted by molar-refractivity contribution is -0.122. The Morgan fingerprint density at radius 2 is 1.86 bits per heavy atom. The summed E-state index contributed by atoms with van der Waals surface area (Å²) in [5.74, 6) is -0.416. The van der Waals surface area contributed by atoms with Crippen molar-refractivity contribution in [3.63, 3.8) is 0 Å². The van der Waals surface area contributed by atoms with Gasteiger partial charge in [0.05, 0.1) is 17.6 Å². The largest absolute Gasteiger partial charge is 0.478 e. The number of rotatable bonds is 10. The Balaban J connectivity index is 1.40.